The normalized spacial score (nSPS) is 8.87. The molecule has 0 radical (unpaired) electrons. The van der Waals surface area contributed by atoms with E-state index in [4.69, 9.17) is 29.5 Å². The molecule has 0 aromatic heterocycles. The Morgan fingerprint density at radius 1 is 0.826 bits per heavy atom. The minimum Gasteiger partial charge on any atom is -0.478 e. The van der Waals surface area contributed by atoms with Crippen LogP contribution in [-0.4, -0.2) is 74.0 Å². The SMILES string of the molecule is C=C(C)C(=O)O.C=C(C)C(=O)O.COCCOCCOCCO. The van der Waals surface area contributed by atoms with Gasteiger partial charge in [-0.2, -0.15) is 0 Å². The molecule has 23 heavy (non-hydrogen) atoms. The van der Waals surface area contributed by atoms with Crippen LogP contribution in [0.15, 0.2) is 24.3 Å². The van der Waals surface area contributed by atoms with Crippen molar-refractivity contribution in [3.05, 3.63) is 24.3 Å². The van der Waals surface area contributed by atoms with Crippen LogP contribution in [0.1, 0.15) is 13.8 Å². The third-order valence-electron chi connectivity index (χ3n) is 1.77. The van der Waals surface area contributed by atoms with Crippen molar-refractivity contribution < 1.29 is 39.1 Å². The second-order valence-corrected chi connectivity index (χ2v) is 4.11. The van der Waals surface area contributed by atoms with E-state index in [-0.39, 0.29) is 17.8 Å². The van der Waals surface area contributed by atoms with Crippen molar-refractivity contribution in [2.75, 3.05) is 46.8 Å². The van der Waals surface area contributed by atoms with Crippen molar-refractivity contribution in [2.45, 2.75) is 13.8 Å². The van der Waals surface area contributed by atoms with Crippen LogP contribution in [0.25, 0.3) is 0 Å². The molecule has 0 rings (SSSR count). The summed E-state index contributed by atoms with van der Waals surface area (Å²) in [6.45, 7) is 12.0. The van der Waals surface area contributed by atoms with E-state index in [2.05, 4.69) is 13.2 Å². The Labute approximate surface area is 137 Å². The third-order valence-corrected chi connectivity index (χ3v) is 1.77. The summed E-state index contributed by atoms with van der Waals surface area (Å²) in [6.07, 6.45) is 0. The Morgan fingerprint density at radius 2 is 1.13 bits per heavy atom. The molecule has 0 aliphatic heterocycles. The fourth-order valence-electron chi connectivity index (χ4n) is 0.529. The summed E-state index contributed by atoms with van der Waals surface area (Å²) in [4.78, 5) is 19.2. The first-order chi connectivity index (χ1) is 10.7. The number of aliphatic hydroxyl groups is 1. The molecule has 0 aliphatic carbocycles. The first-order valence-corrected chi connectivity index (χ1v) is 6.73. The van der Waals surface area contributed by atoms with Crippen LogP contribution in [0.5, 0.6) is 0 Å². The molecule has 3 N–H and O–H groups in total. The molecule has 0 aromatic carbocycles. The number of carbonyl (C=O) groups is 2. The molecular formula is C15H28O8. The lowest BCUT2D eigenvalue weighted by molar-refractivity contribution is -0.133. The van der Waals surface area contributed by atoms with E-state index in [1.54, 1.807) is 7.11 Å². The maximum absolute atomic E-state index is 9.60. The van der Waals surface area contributed by atoms with Gasteiger partial charge in [-0.25, -0.2) is 9.59 Å². The molecule has 0 saturated carbocycles. The topological polar surface area (TPSA) is 123 Å². The number of carboxylic acid groups (broad SMARTS) is 2. The van der Waals surface area contributed by atoms with Crippen LogP contribution in [0, 0.1) is 0 Å². The molecule has 0 fully saturated rings. The highest BCUT2D eigenvalue weighted by Gasteiger charge is 1.91. The number of hydrogen-bond donors (Lipinski definition) is 3. The maximum Gasteiger partial charge on any atom is 0.330 e. The second kappa shape index (κ2) is 20.3. The van der Waals surface area contributed by atoms with Gasteiger partial charge in [0.2, 0.25) is 0 Å². The minimum atomic E-state index is -0.935. The Kier molecular flexibility index (Phi) is 23.1. The molecule has 0 aromatic rings. The van der Waals surface area contributed by atoms with Gasteiger partial charge in [0.05, 0.1) is 39.6 Å². The van der Waals surface area contributed by atoms with Crippen LogP contribution in [-0.2, 0) is 23.8 Å². The molecule has 0 unspecified atom stereocenters. The predicted molar refractivity (Wildman–Crippen MR) is 85.5 cm³/mol. The maximum atomic E-state index is 9.60. The summed E-state index contributed by atoms with van der Waals surface area (Å²) >= 11 is 0. The Hall–Kier alpha value is -1.74. The summed E-state index contributed by atoms with van der Waals surface area (Å²) in [6, 6.07) is 0. The highest BCUT2D eigenvalue weighted by atomic mass is 16.5. The van der Waals surface area contributed by atoms with Crippen LogP contribution >= 0.6 is 0 Å². The molecule has 0 saturated heterocycles. The summed E-state index contributed by atoms with van der Waals surface area (Å²) in [5.41, 5.74) is 0.352. The first kappa shape index (κ1) is 26.2. The van der Waals surface area contributed by atoms with E-state index in [0.717, 1.165) is 0 Å². The predicted octanol–water partition coefficient (Wildman–Crippen LogP) is 0.953. The van der Waals surface area contributed by atoms with E-state index in [1.807, 2.05) is 0 Å². The Bertz CT molecular complexity index is 282. The van der Waals surface area contributed by atoms with Gasteiger partial charge < -0.3 is 29.5 Å². The highest BCUT2D eigenvalue weighted by molar-refractivity contribution is 5.85. The summed E-state index contributed by atoms with van der Waals surface area (Å²) in [5.74, 6) is -1.87. The fourth-order valence-corrected chi connectivity index (χ4v) is 0.529. The van der Waals surface area contributed by atoms with Gasteiger partial charge in [-0.1, -0.05) is 13.2 Å². The number of ether oxygens (including phenoxy) is 3. The van der Waals surface area contributed by atoms with Crippen molar-refractivity contribution in [1.29, 1.82) is 0 Å². The lowest BCUT2D eigenvalue weighted by Crippen LogP contribution is -2.09. The summed E-state index contributed by atoms with van der Waals surface area (Å²) in [7, 11) is 1.63. The minimum absolute atomic E-state index is 0.0675. The van der Waals surface area contributed by atoms with E-state index >= 15 is 0 Å². The van der Waals surface area contributed by atoms with Crippen LogP contribution in [0.2, 0.25) is 0 Å². The molecule has 0 amide bonds. The fraction of sp³-hybridized carbons (Fsp3) is 0.600. The summed E-state index contributed by atoms with van der Waals surface area (Å²) in [5, 5.41) is 24.1. The molecule has 136 valence electrons. The number of aliphatic carboxylic acids is 2. The van der Waals surface area contributed by atoms with E-state index in [0.29, 0.717) is 33.0 Å². The Balaban J connectivity index is -0.000000284. The van der Waals surface area contributed by atoms with Gasteiger partial charge in [-0.15, -0.1) is 0 Å². The third kappa shape index (κ3) is 33.2. The zero-order chi connectivity index (χ0) is 18.7. The molecule has 8 heteroatoms. The lowest BCUT2D eigenvalue weighted by atomic mass is 10.4. The zero-order valence-electron chi connectivity index (χ0n) is 14.0. The molecule has 0 heterocycles. The molecular weight excluding hydrogens is 308 g/mol. The van der Waals surface area contributed by atoms with Gasteiger partial charge >= 0.3 is 11.9 Å². The summed E-state index contributed by atoms with van der Waals surface area (Å²) < 4.78 is 14.8. The second-order valence-electron chi connectivity index (χ2n) is 4.11. The number of aliphatic hydroxyl groups excluding tert-OH is 1. The highest BCUT2D eigenvalue weighted by Crippen LogP contribution is 1.81. The standard InChI is InChI=1S/C7H16O4.2C4H6O2/c1-9-4-5-11-7-6-10-3-2-8;2*1-3(2)4(5)6/h8H,2-7H2,1H3;2*1H2,2H3,(H,5,6). The van der Waals surface area contributed by atoms with Crippen molar-refractivity contribution in [3.63, 3.8) is 0 Å². The molecule has 8 nitrogen and oxygen atoms in total. The van der Waals surface area contributed by atoms with Crippen molar-refractivity contribution in [3.8, 4) is 0 Å². The van der Waals surface area contributed by atoms with Crippen LogP contribution in [0.4, 0.5) is 0 Å². The average molecular weight is 336 g/mol. The van der Waals surface area contributed by atoms with Crippen LogP contribution < -0.4 is 0 Å². The van der Waals surface area contributed by atoms with E-state index < -0.39 is 11.9 Å². The number of carboxylic acids is 2. The monoisotopic (exact) mass is 336 g/mol. The van der Waals surface area contributed by atoms with Gasteiger partial charge in [0.15, 0.2) is 0 Å². The van der Waals surface area contributed by atoms with Gasteiger partial charge in [-0.3, -0.25) is 0 Å². The average Bonchev–Trinajstić information content (AvgIpc) is 2.47. The lowest BCUT2D eigenvalue weighted by Gasteiger charge is -2.03. The van der Waals surface area contributed by atoms with Crippen molar-refractivity contribution in [2.24, 2.45) is 0 Å². The van der Waals surface area contributed by atoms with Crippen molar-refractivity contribution in [1.82, 2.24) is 0 Å². The molecule has 0 atom stereocenters. The molecule has 0 bridgehead atoms. The smallest absolute Gasteiger partial charge is 0.330 e. The van der Waals surface area contributed by atoms with Gasteiger partial charge in [0.25, 0.3) is 0 Å². The van der Waals surface area contributed by atoms with Gasteiger partial charge in [0.1, 0.15) is 0 Å². The first-order valence-electron chi connectivity index (χ1n) is 6.73. The number of hydrogen-bond acceptors (Lipinski definition) is 6. The van der Waals surface area contributed by atoms with Crippen LogP contribution in [0.3, 0.4) is 0 Å². The largest absolute Gasteiger partial charge is 0.478 e. The Morgan fingerprint density at radius 3 is 1.39 bits per heavy atom. The quantitative estimate of drug-likeness (QED) is 0.398. The van der Waals surface area contributed by atoms with Crippen molar-refractivity contribution >= 4 is 11.9 Å². The number of rotatable bonds is 10. The zero-order valence-corrected chi connectivity index (χ0v) is 14.0. The van der Waals surface area contributed by atoms with Gasteiger partial charge in [-0.05, 0) is 13.8 Å². The van der Waals surface area contributed by atoms with E-state index in [1.165, 1.54) is 13.8 Å². The number of methoxy groups -OCH3 is 1. The van der Waals surface area contributed by atoms with E-state index in [9.17, 15) is 9.59 Å². The van der Waals surface area contributed by atoms with Gasteiger partial charge in [0, 0.05) is 18.3 Å². The molecule has 0 aliphatic rings. The molecule has 0 spiro atoms.